The van der Waals surface area contributed by atoms with Crippen molar-refractivity contribution >= 4 is 34.8 Å². The van der Waals surface area contributed by atoms with Crippen molar-refractivity contribution in [3.8, 4) is 0 Å². The summed E-state index contributed by atoms with van der Waals surface area (Å²) < 4.78 is 13.9. The molecule has 0 radical (unpaired) electrons. The number of hydrogen-bond acceptors (Lipinski definition) is 3. The number of amides is 2. The zero-order valence-electron chi connectivity index (χ0n) is 12.9. The second-order valence-electron chi connectivity index (χ2n) is 5.55. The molecule has 3 rings (SSSR count). The van der Waals surface area contributed by atoms with Crippen molar-refractivity contribution in [2.75, 3.05) is 26.2 Å². The van der Waals surface area contributed by atoms with Crippen LogP contribution in [-0.2, 0) is 0 Å². The molecular formula is C17H16ClFN2O2S. The van der Waals surface area contributed by atoms with Crippen LogP contribution in [0.25, 0.3) is 0 Å². The topological polar surface area (TPSA) is 40.6 Å². The van der Waals surface area contributed by atoms with Crippen LogP contribution in [0.1, 0.15) is 26.5 Å². The standard InChI is InChI=1S/C17H16ClFN2O2S/c18-15-6-5-14(24-15)17(23)21-8-2-7-20(9-10-21)16(22)12-3-1-4-13(19)11-12/h1,3-6,11H,2,7-10H2. The van der Waals surface area contributed by atoms with Gasteiger partial charge in [-0.3, -0.25) is 9.59 Å². The minimum Gasteiger partial charge on any atom is -0.337 e. The van der Waals surface area contributed by atoms with Gasteiger partial charge in [-0.2, -0.15) is 0 Å². The highest BCUT2D eigenvalue weighted by atomic mass is 35.5. The van der Waals surface area contributed by atoms with E-state index in [2.05, 4.69) is 0 Å². The molecule has 0 unspecified atom stereocenters. The first-order valence-corrected chi connectivity index (χ1v) is 8.83. The molecule has 1 aromatic carbocycles. The van der Waals surface area contributed by atoms with Gasteiger partial charge >= 0.3 is 0 Å². The molecule has 0 N–H and O–H groups in total. The maximum atomic E-state index is 13.3. The summed E-state index contributed by atoms with van der Waals surface area (Å²) in [6, 6.07) is 9.10. The monoisotopic (exact) mass is 366 g/mol. The highest BCUT2D eigenvalue weighted by Crippen LogP contribution is 2.23. The Balaban J connectivity index is 1.66. The van der Waals surface area contributed by atoms with E-state index < -0.39 is 5.82 Å². The summed E-state index contributed by atoms with van der Waals surface area (Å²) >= 11 is 7.14. The average Bonchev–Trinajstić information content (AvgIpc) is 2.86. The van der Waals surface area contributed by atoms with Crippen LogP contribution in [-0.4, -0.2) is 47.8 Å². The summed E-state index contributed by atoms with van der Waals surface area (Å²) in [6.45, 7) is 2.02. The summed E-state index contributed by atoms with van der Waals surface area (Å²) in [5, 5.41) is 0. The lowest BCUT2D eigenvalue weighted by atomic mass is 10.2. The summed E-state index contributed by atoms with van der Waals surface area (Å²) in [4.78, 5) is 29.0. The van der Waals surface area contributed by atoms with E-state index >= 15 is 0 Å². The predicted molar refractivity (Wildman–Crippen MR) is 92.2 cm³/mol. The normalized spacial score (nSPS) is 15.2. The third-order valence-corrected chi connectivity index (χ3v) is 5.15. The fourth-order valence-electron chi connectivity index (χ4n) is 2.71. The van der Waals surface area contributed by atoms with E-state index in [1.807, 2.05) is 0 Å². The Morgan fingerprint density at radius 2 is 1.71 bits per heavy atom. The number of carbonyl (C=O) groups excluding carboxylic acids is 2. The van der Waals surface area contributed by atoms with E-state index in [9.17, 15) is 14.0 Å². The van der Waals surface area contributed by atoms with Crippen LogP contribution in [0.15, 0.2) is 36.4 Å². The van der Waals surface area contributed by atoms with Crippen LogP contribution in [0.2, 0.25) is 4.34 Å². The Labute approximate surface area is 148 Å². The quantitative estimate of drug-likeness (QED) is 0.815. The molecule has 24 heavy (non-hydrogen) atoms. The molecule has 0 atom stereocenters. The zero-order chi connectivity index (χ0) is 17.1. The van der Waals surface area contributed by atoms with Crippen molar-refractivity contribution in [1.82, 2.24) is 9.80 Å². The second kappa shape index (κ2) is 7.32. The van der Waals surface area contributed by atoms with E-state index in [1.54, 1.807) is 28.0 Å². The molecule has 0 saturated carbocycles. The lowest BCUT2D eigenvalue weighted by molar-refractivity contribution is 0.0721. The van der Waals surface area contributed by atoms with Crippen LogP contribution in [0, 0.1) is 5.82 Å². The molecule has 1 fully saturated rings. The first-order valence-electron chi connectivity index (χ1n) is 7.64. The van der Waals surface area contributed by atoms with E-state index in [4.69, 9.17) is 11.6 Å². The van der Waals surface area contributed by atoms with Crippen molar-refractivity contribution in [2.24, 2.45) is 0 Å². The minimum atomic E-state index is -0.429. The van der Waals surface area contributed by atoms with Crippen molar-refractivity contribution in [3.05, 3.63) is 57.0 Å². The smallest absolute Gasteiger partial charge is 0.264 e. The number of hydrogen-bond donors (Lipinski definition) is 0. The van der Waals surface area contributed by atoms with E-state index in [1.165, 1.54) is 29.5 Å². The average molecular weight is 367 g/mol. The third-order valence-electron chi connectivity index (χ3n) is 3.93. The number of rotatable bonds is 2. The van der Waals surface area contributed by atoms with Crippen LogP contribution in [0.4, 0.5) is 4.39 Å². The van der Waals surface area contributed by atoms with Gasteiger partial charge in [-0.05, 0) is 36.8 Å². The van der Waals surface area contributed by atoms with Crippen molar-refractivity contribution < 1.29 is 14.0 Å². The van der Waals surface area contributed by atoms with Gasteiger partial charge in [0.15, 0.2) is 0 Å². The molecule has 4 nitrogen and oxygen atoms in total. The molecule has 1 aliphatic rings. The number of thiophene rings is 1. The zero-order valence-corrected chi connectivity index (χ0v) is 14.4. The van der Waals surface area contributed by atoms with Gasteiger partial charge in [-0.25, -0.2) is 4.39 Å². The van der Waals surface area contributed by atoms with Gasteiger partial charge in [-0.15, -0.1) is 11.3 Å². The number of nitrogens with zero attached hydrogens (tertiary/aromatic N) is 2. The van der Waals surface area contributed by atoms with E-state index in [0.29, 0.717) is 47.4 Å². The molecule has 1 aliphatic heterocycles. The van der Waals surface area contributed by atoms with Crippen molar-refractivity contribution in [1.29, 1.82) is 0 Å². The third kappa shape index (κ3) is 3.76. The van der Waals surface area contributed by atoms with Gasteiger partial charge in [0.05, 0.1) is 9.21 Å². The van der Waals surface area contributed by atoms with Gasteiger partial charge in [-0.1, -0.05) is 17.7 Å². The van der Waals surface area contributed by atoms with E-state index in [0.717, 1.165) is 0 Å². The first kappa shape index (κ1) is 16.9. The van der Waals surface area contributed by atoms with Crippen LogP contribution in [0.5, 0.6) is 0 Å². The lowest BCUT2D eigenvalue weighted by Gasteiger charge is -2.22. The number of benzene rings is 1. The summed E-state index contributed by atoms with van der Waals surface area (Å²) in [7, 11) is 0. The molecule has 0 aliphatic carbocycles. The Morgan fingerprint density at radius 3 is 2.33 bits per heavy atom. The Hall–Kier alpha value is -1.92. The molecule has 2 aromatic rings. The van der Waals surface area contributed by atoms with Crippen molar-refractivity contribution in [2.45, 2.75) is 6.42 Å². The molecule has 0 spiro atoms. The molecular weight excluding hydrogens is 351 g/mol. The van der Waals surface area contributed by atoms with Crippen molar-refractivity contribution in [3.63, 3.8) is 0 Å². The first-order chi connectivity index (χ1) is 11.5. The van der Waals surface area contributed by atoms with Crippen LogP contribution < -0.4 is 0 Å². The summed E-state index contributed by atoms with van der Waals surface area (Å²) in [5.41, 5.74) is 0.333. The minimum absolute atomic E-state index is 0.0630. The summed E-state index contributed by atoms with van der Waals surface area (Å²) in [5.74, 6) is -0.697. The lowest BCUT2D eigenvalue weighted by Crippen LogP contribution is -2.37. The van der Waals surface area contributed by atoms with Crippen LogP contribution in [0.3, 0.4) is 0 Å². The highest BCUT2D eigenvalue weighted by molar-refractivity contribution is 7.17. The van der Waals surface area contributed by atoms with Gasteiger partial charge < -0.3 is 9.80 Å². The largest absolute Gasteiger partial charge is 0.337 e. The Bertz CT molecular complexity index is 765. The Kier molecular flexibility index (Phi) is 5.16. The van der Waals surface area contributed by atoms with Gasteiger partial charge in [0.1, 0.15) is 5.82 Å². The maximum Gasteiger partial charge on any atom is 0.264 e. The molecule has 0 bridgehead atoms. The maximum absolute atomic E-state index is 13.3. The molecule has 2 heterocycles. The predicted octanol–water partition coefficient (Wildman–Crippen LogP) is 3.53. The molecule has 126 valence electrons. The molecule has 1 saturated heterocycles. The fraction of sp³-hybridized carbons (Fsp3) is 0.294. The van der Waals surface area contributed by atoms with Crippen LogP contribution >= 0.6 is 22.9 Å². The Morgan fingerprint density at radius 1 is 1.00 bits per heavy atom. The van der Waals surface area contributed by atoms with Gasteiger partial charge in [0.2, 0.25) is 0 Å². The highest BCUT2D eigenvalue weighted by Gasteiger charge is 2.24. The summed E-state index contributed by atoms with van der Waals surface area (Å²) in [6.07, 6.45) is 0.686. The molecule has 1 aromatic heterocycles. The molecule has 7 heteroatoms. The molecule has 2 amide bonds. The van der Waals surface area contributed by atoms with Gasteiger partial charge in [0.25, 0.3) is 11.8 Å². The fourth-order valence-corrected chi connectivity index (χ4v) is 3.72. The number of carbonyl (C=O) groups is 2. The SMILES string of the molecule is O=C(c1cccc(F)c1)N1CCCN(C(=O)c2ccc(Cl)s2)CC1. The van der Waals surface area contributed by atoms with Gasteiger partial charge in [0, 0.05) is 31.7 Å². The van der Waals surface area contributed by atoms with E-state index in [-0.39, 0.29) is 11.8 Å². The second-order valence-corrected chi connectivity index (χ2v) is 7.27. The number of halogens is 2.